The number of aromatic nitrogens is 1. The van der Waals surface area contributed by atoms with Crippen molar-refractivity contribution in [2.45, 2.75) is 24.7 Å². The van der Waals surface area contributed by atoms with Gasteiger partial charge in [0.2, 0.25) is 5.91 Å². The highest BCUT2D eigenvalue weighted by Crippen LogP contribution is 2.38. The van der Waals surface area contributed by atoms with Gasteiger partial charge in [-0.15, -0.1) is 0 Å². The lowest BCUT2D eigenvalue weighted by atomic mass is 9.73. The third kappa shape index (κ3) is 4.63. The number of carbonyl (C=O) groups is 1. The van der Waals surface area contributed by atoms with Crippen molar-refractivity contribution in [3.05, 3.63) is 76.9 Å². The molecule has 1 amide bonds. The fraction of sp³-hybridized carbons (Fsp3) is 0.407. The summed E-state index contributed by atoms with van der Waals surface area (Å²) in [6.45, 7) is 3.69. The molecule has 1 aromatic heterocycles. The van der Waals surface area contributed by atoms with E-state index in [0.29, 0.717) is 57.4 Å². The second kappa shape index (κ2) is 9.80. The van der Waals surface area contributed by atoms with Crippen molar-refractivity contribution in [2.24, 2.45) is 5.92 Å². The first-order chi connectivity index (χ1) is 16.2. The molecule has 0 radical (unpaired) electrons. The van der Waals surface area contributed by atoms with Gasteiger partial charge in [0.05, 0.1) is 24.1 Å². The summed E-state index contributed by atoms with van der Waals surface area (Å²) in [6.07, 6.45) is 4.05. The molecule has 2 aliphatic heterocycles. The van der Waals surface area contributed by atoms with Crippen LogP contribution in [0.15, 0.2) is 60.8 Å². The molecular formula is C27H29ClN2O3. The third-order valence-electron chi connectivity index (χ3n) is 7.02. The molecule has 0 saturated carbocycles. The number of nitrogens with zero attached hydrogens (tertiary/aromatic N) is 2. The van der Waals surface area contributed by atoms with E-state index < -0.39 is 5.41 Å². The van der Waals surface area contributed by atoms with Gasteiger partial charge in [-0.2, -0.15) is 0 Å². The van der Waals surface area contributed by atoms with Crippen LogP contribution in [0.25, 0.3) is 10.9 Å². The summed E-state index contributed by atoms with van der Waals surface area (Å²) in [5.41, 5.74) is 2.71. The van der Waals surface area contributed by atoms with E-state index in [0.717, 1.165) is 17.5 Å². The standard InChI is InChI=1S/C27H29ClN2O3/c28-23-8-6-22(7-9-23)27(10-14-32-15-11-27)26(31)30-13-16-33-19-20(18-30)17-21-3-1-5-25-24(21)4-2-12-29-25/h1-9,12,20H,10-11,13-19H2. The van der Waals surface area contributed by atoms with E-state index in [2.05, 4.69) is 23.2 Å². The van der Waals surface area contributed by atoms with E-state index in [-0.39, 0.29) is 11.8 Å². The van der Waals surface area contributed by atoms with Crippen LogP contribution in [0.4, 0.5) is 0 Å². The summed E-state index contributed by atoms with van der Waals surface area (Å²) in [6, 6.07) is 18.1. The summed E-state index contributed by atoms with van der Waals surface area (Å²) in [7, 11) is 0. The van der Waals surface area contributed by atoms with Gasteiger partial charge < -0.3 is 14.4 Å². The Hall–Kier alpha value is -2.47. The van der Waals surface area contributed by atoms with Gasteiger partial charge >= 0.3 is 0 Å². The fourth-order valence-corrected chi connectivity index (χ4v) is 5.39. The van der Waals surface area contributed by atoms with Crippen LogP contribution in [0, 0.1) is 5.92 Å². The molecular weight excluding hydrogens is 436 g/mol. The highest BCUT2D eigenvalue weighted by Gasteiger charge is 2.44. The van der Waals surface area contributed by atoms with Gasteiger partial charge in [0.15, 0.2) is 0 Å². The molecule has 3 aromatic rings. The molecule has 5 rings (SSSR count). The van der Waals surface area contributed by atoms with Crippen molar-refractivity contribution in [3.8, 4) is 0 Å². The minimum absolute atomic E-state index is 0.184. The zero-order valence-corrected chi connectivity index (χ0v) is 19.5. The van der Waals surface area contributed by atoms with Crippen LogP contribution >= 0.6 is 11.6 Å². The molecule has 172 valence electrons. The van der Waals surface area contributed by atoms with Crippen LogP contribution in [-0.4, -0.2) is 55.3 Å². The number of hydrogen-bond acceptors (Lipinski definition) is 4. The molecule has 33 heavy (non-hydrogen) atoms. The van der Waals surface area contributed by atoms with Crippen LogP contribution in [0.1, 0.15) is 24.0 Å². The second-order valence-electron chi connectivity index (χ2n) is 9.08. The molecule has 3 heterocycles. The minimum atomic E-state index is -0.568. The Morgan fingerprint density at radius 3 is 2.67 bits per heavy atom. The molecule has 0 N–H and O–H groups in total. The largest absolute Gasteiger partial charge is 0.381 e. The predicted molar refractivity (Wildman–Crippen MR) is 130 cm³/mol. The normalized spacial score (nSPS) is 21.0. The topological polar surface area (TPSA) is 51.7 Å². The molecule has 1 atom stereocenters. The Bertz CT molecular complexity index is 1110. The maximum absolute atomic E-state index is 14.1. The van der Waals surface area contributed by atoms with Crippen molar-refractivity contribution in [1.82, 2.24) is 9.88 Å². The van der Waals surface area contributed by atoms with Crippen LogP contribution in [0.3, 0.4) is 0 Å². The van der Waals surface area contributed by atoms with Crippen molar-refractivity contribution in [3.63, 3.8) is 0 Å². The SMILES string of the molecule is O=C(N1CCOCC(Cc2cccc3ncccc23)C1)C1(c2ccc(Cl)cc2)CCOCC1. The van der Waals surface area contributed by atoms with Crippen LogP contribution in [-0.2, 0) is 26.1 Å². The number of pyridine rings is 1. The van der Waals surface area contributed by atoms with Crippen LogP contribution in [0.2, 0.25) is 5.02 Å². The average molecular weight is 465 g/mol. The fourth-order valence-electron chi connectivity index (χ4n) is 5.26. The Kier molecular flexibility index (Phi) is 6.63. The lowest BCUT2D eigenvalue weighted by Crippen LogP contribution is -2.51. The van der Waals surface area contributed by atoms with E-state index >= 15 is 0 Å². The van der Waals surface area contributed by atoms with E-state index in [1.807, 2.05) is 47.5 Å². The molecule has 0 aliphatic carbocycles. The number of hydrogen-bond donors (Lipinski definition) is 0. The lowest BCUT2D eigenvalue weighted by Gasteiger charge is -2.40. The van der Waals surface area contributed by atoms with Gasteiger partial charge in [-0.05, 0) is 54.7 Å². The summed E-state index contributed by atoms with van der Waals surface area (Å²) in [5.74, 6) is 0.410. The number of carbonyl (C=O) groups excluding carboxylic acids is 1. The molecule has 1 unspecified atom stereocenters. The smallest absolute Gasteiger partial charge is 0.233 e. The number of ether oxygens (including phenoxy) is 2. The molecule has 2 aliphatic rings. The first kappa shape index (κ1) is 22.3. The number of amides is 1. The molecule has 0 bridgehead atoms. The number of halogens is 1. The Morgan fingerprint density at radius 2 is 1.85 bits per heavy atom. The van der Waals surface area contributed by atoms with E-state index in [1.54, 1.807) is 0 Å². The molecule has 5 nitrogen and oxygen atoms in total. The Morgan fingerprint density at radius 1 is 1.03 bits per heavy atom. The average Bonchev–Trinajstić information content (AvgIpc) is 3.10. The highest BCUT2D eigenvalue weighted by molar-refractivity contribution is 6.30. The lowest BCUT2D eigenvalue weighted by molar-refractivity contribution is -0.141. The van der Waals surface area contributed by atoms with Gasteiger partial charge in [0.1, 0.15) is 0 Å². The van der Waals surface area contributed by atoms with Gasteiger partial charge in [0, 0.05) is 48.8 Å². The minimum Gasteiger partial charge on any atom is -0.381 e. The van der Waals surface area contributed by atoms with E-state index in [1.165, 1.54) is 10.9 Å². The van der Waals surface area contributed by atoms with Gasteiger partial charge in [0.25, 0.3) is 0 Å². The van der Waals surface area contributed by atoms with Gasteiger partial charge in [-0.3, -0.25) is 9.78 Å². The first-order valence-corrected chi connectivity index (χ1v) is 12.1. The molecule has 2 saturated heterocycles. The van der Waals surface area contributed by atoms with Gasteiger partial charge in [-0.25, -0.2) is 0 Å². The molecule has 2 fully saturated rings. The first-order valence-electron chi connectivity index (χ1n) is 11.7. The van der Waals surface area contributed by atoms with Crippen molar-refractivity contribution in [2.75, 3.05) is 39.5 Å². The maximum Gasteiger partial charge on any atom is 0.233 e. The van der Waals surface area contributed by atoms with Crippen LogP contribution < -0.4 is 0 Å². The number of benzene rings is 2. The summed E-state index contributed by atoms with van der Waals surface area (Å²) < 4.78 is 11.6. The van der Waals surface area contributed by atoms with Crippen molar-refractivity contribution < 1.29 is 14.3 Å². The van der Waals surface area contributed by atoms with E-state index in [4.69, 9.17) is 21.1 Å². The second-order valence-corrected chi connectivity index (χ2v) is 9.52. The van der Waals surface area contributed by atoms with Crippen molar-refractivity contribution >= 4 is 28.4 Å². The number of rotatable bonds is 4. The predicted octanol–water partition coefficient (Wildman–Crippen LogP) is 4.65. The summed E-state index contributed by atoms with van der Waals surface area (Å²) in [4.78, 5) is 20.6. The Balaban J connectivity index is 1.40. The summed E-state index contributed by atoms with van der Waals surface area (Å²) >= 11 is 6.14. The zero-order chi connectivity index (χ0) is 22.7. The van der Waals surface area contributed by atoms with Crippen LogP contribution in [0.5, 0.6) is 0 Å². The third-order valence-corrected chi connectivity index (χ3v) is 7.27. The molecule has 6 heteroatoms. The van der Waals surface area contributed by atoms with Gasteiger partial charge in [-0.1, -0.05) is 41.9 Å². The monoisotopic (exact) mass is 464 g/mol. The molecule has 0 spiro atoms. The van der Waals surface area contributed by atoms with E-state index in [9.17, 15) is 4.79 Å². The number of fused-ring (bicyclic) bond motifs is 1. The zero-order valence-electron chi connectivity index (χ0n) is 18.7. The summed E-state index contributed by atoms with van der Waals surface area (Å²) in [5, 5.41) is 1.85. The maximum atomic E-state index is 14.1. The quantitative estimate of drug-likeness (QED) is 0.563. The van der Waals surface area contributed by atoms with Crippen molar-refractivity contribution in [1.29, 1.82) is 0 Å². The molecule has 2 aromatic carbocycles. The highest BCUT2D eigenvalue weighted by atomic mass is 35.5. The Labute approximate surface area is 199 Å².